The molecule has 2 aromatic rings. The Balaban J connectivity index is 2.15. The zero-order valence-electron chi connectivity index (χ0n) is 11.8. The number of carboxylic acids is 1. The van der Waals surface area contributed by atoms with E-state index in [0.717, 1.165) is 17.4 Å². The lowest BCUT2D eigenvalue weighted by atomic mass is 10.1. The van der Waals surface area contributed by atoms with Gasteiger partial charge in [-0.05, 0) is 35.9 Å². The molecule has 0 saturated carbocycles. The highest BCUT2D eigenvalue weighted by atomic mass is 19.1. The number of methoxy groups -OCH3 is 1. The average Bonchev–Trinajstić information content (AvgIpc) is 2.47. The number of hydrogen-bond donors (Lipinski definition) is 1. The van der Waals surface area contributed by atoms with Crippen molar-refractivity contribution in [3.8, 4) is 5.75 Å². The maximum absolute atomic E-state index is 14.0. The zero-order chi connectivity index (χ0) is 15.4. The highest BCUT2D eigenvalue weighted by molar-refractivity contribution is 5.88. The van der Waals surface area contributed by atoms with Gasteiger partial charge < -0.3 is 14.7 Å². The third kappa shape index (κ3) is 3.51. The molecule has 0 radical (unpaired) electrons. The van der Waals surface area contributed by atoms with Crippen molar-refractivity contribution in [2.24, 2.45) is 0 Å². The van der Waals surface area contributed by atoms with E-state index >= 15 is 0 Å². The van der Waals surface area contributed by atoms with Gasteiger partial charge in [-0.15, -0.1) is 0 Å². The molecule has 0 saturated heterocycles. The first-order chi connectivity index (χ1) is 10.0. The number of hydrogen-bond acceptors (Lipinski definition) is 3. The summed E-state index contributed by atoms with van der Waals surface area (Å²) in [5.41, 5.74) is 1.30. The van der Waals surface area contributed by atoms with Gasteiger partial charge in [0.2, 0.25) is 0 Å². The molecule has 21 heavy (non-hydrogen) atoms. The van der Waals surface area contributed by atoms with Crippen LogP contribution in [0.5, 0.6) is 5.75 Å². The summed E-state index contributed by atoms with van der Waals surface area (Å²) in [5, 5.41) is 8.83. The largest absolute Gasteiger partial charge is 0.497 e. The number of carbonyl (C=O) groups is 1. The Morgan fingerprint density at radius 3 is 2.43 bits per heavy atom. The second-order valence-corrected chi connectivity index (χ2v) is 4.68. The van der Waals surface area contributed by atoms with Gasteiger partial charge in [0, 0.05) is 13.6 Å². The van der Waals surface area contributed by atoms with Crippen LogP contribution in [0.1, 0.15) is 15.9 Å². The molecule has 0 aromatic heterocycles. The summed E-state index contributed by atoms with van der Waals surface area (Å²) in [4.78, 5) is 12.5. The van der Waals surface area contributed by atoms with Crippen molar-refractivity contribution < 1.29 is 19.0 Å². The number of aromatic carboxylic acids is 1. The molecular formula is C16H16FNO3. The highest BCUT2D eigenvalue weighted by Crippen LogP contribution is 2.22. The monoisotopic (exact) mass is 289 g/mol. The van der Waals surface area contributed by atoms with Gasteiger partial charge in [-0.3, -0.25) is 0 Å². The van der Waals surface area contributed by atoms with Gasteiger partial charge in [-0.25, -0.2) is 9.18 Å². The lowest BCUT2D eigenvalue weighted by Gasteiger charge is -2.20. The van der Waals surface area contributed by atoms with E-state index in [2.05, 4.69) is 0 Å². The maximum atomic E-state index is 14.0. The smallest absolute Gasteiger partial charge is 0.335 e. The molecule has 0 aliphatic rings. The first-order valence-electron chi connectivity index (χ1n) is 6.38. The molecule has 110 valence electrons. The number of halogens is 1. The first-order valence-corrected chi connectivity index (χ1v) is 6.38. The predicted molar refractivity (Wildman–Crippen MR) is 78.5 cm³/mol. The van der Waals surface area contributed by atoms with Crippen molar-refractivity contribution in [3.63, 3.8) is 0 Å². The Hall–Kier alpha value is -2.56. The summed E-state index contributed by atoms with van der Waals surface area (Å²) in [6.07, 6.45) is 0. The molecular weight excluding hydrogens is 273 g/mol. The van der Waals surface area contributed by atoms with Crippen LogP contribution in [0, 0.1) is 5.82 Å². The third-order valence-corrected chi connectivity index (χ3v) is 3.18. The van der Waals surface area contributed by atoms with E-state index in [0.29, 0.717) is 12.2 Å². The standard InChI is InChI=1S/C16H16FNO3/c1-18(10-11-3-6-13(21-2)7-4-11)15-8-5-12(16(19)20)9-14(15)17/h3-9H,10H2,1-2H3,(H,19,20). The van der Waals surface area contributed by atoms with Crippen LogP contribution >= 0.6 is 0 Å². The van der Waals surface area contributed by atoms with E-state index in [1.165, 1.54) is 12.1 Å². The molecule has 0 amide bonds. The molecule has 0 aliphatic heterocycles. The fourth-order valence-electron chi connectivity index (χ4n) is 2.04. The topological polar surface area (TPSA) is 49.8 Å². The highest BCUT2D eigenvalue weighted by Gasteiger charge is 2.11. The Bertz CT molecular complexity index is 640. The van der Waals surface area contributed by atoms with Gasteiger partial charge in [0.1, 0.15) is 11.6 Å². The van der Waals surface area contributed by atoms with Crippen LogP contribution in [0.3, 0.4) is 0 Å². The molecule has 0 fully saturated rings. The van der Waals surface area contributed by atoms with Crippen molar-refractivity contribution >= 4 is 11.7 Å². The van der Waals surface area contributed by atoms with E-state index in [1.807, 2.05) is 24.3 Å². The molecule has 4 nitrogen and oxygen atoms in total. The van der Waals surface area contributed by atoms with Crippen LogP contribution < -0.4 is 9.64 Å². The van der Waals surface area contributed by atoms with E-state index in [9.17, 15) is 9.18 Å². The van der Waals surface area contributed by atoms with Gasteiger partial charge >= 0.3 is 5.97 Å². The summed E-state index contributed by atoms with van der Waals surface area (Å²) in [7, 11) is 3.35. The average molecular weight is 289 g/mol. The fraction of sp³-hybridized carbons (Fsp3) is 0.188. The van der Waals surface area contributed by atoms with Crippen molar-refractivity contribution in [1.29, 1.82) is 0 Å². The summed E-state index contributed by atoms with van der Waals surface area (Å²) in [5.74, 6) is -0.928. The number of carboxylic acid groups (broad SMARTS) is 1. The molecule has 1 N–H and O–H groups in total. The van der Waals surface area contributed by atoms with Crippen molar-refractivity contribution in [3.05, 3.63) is 59.4 Å². The van der Waals surface area contributed by atoms with Crippen molar-refractivity contribution in [2.45, 2.75) is 6.54 Å². The number of nitrogens with zero attached hydrogens (tertiary/aromatic N) is 1. The number of ether oxygens (including phenoxy) is 1. The lowest BCUT2D eigenvalue weighted by Crippen LogP contribution is -2.18. The van der Waals surface area contributed by atoms with Gasteiger partial charge in [-0.2, -0.15) is 0 Å². The zero-order valence-corrected chi connectivity index (χ0v) is 11.8. The Morgan fingerprint density at radius 2 is 1.90 bits per heavy atom. The molecule has 0 unspecified atom stereocenters. The number of anilines is 1. The second-order valence-electron chi connectivity index (χ2n) is 4.68. The molecule has 0 spiro atoms. The normalized spacial score (nSPS) is 10.2. The second kappa shape index (κ2) is 6.26. The Morgan fingerprint density at radius 1 is 1.24 bits per heavy atom. The molecule has 5 heteroatoms. The maximum Gasteiger partial charge on any atom is 0.335 e. The first kappa shape index (κ1) is 14.8. The SMILES string of the molecule is COc1ccc(CN(C)c2ccc(C(=O)O)cc2F)cc1. The summed E-state index contributed by atoms with van der Waals surface area (Å²) in [6, 6.07) is 11.4. The molecule has 2 rings (SSSR count). The molecule has 0 heterocycles. The minimum absolute atomic E-state index is 0.0610. The predicted octanol–water partition coefficient (Wildman–Crippen LogP) is 3.17. The quantitative estimate of drug-likeness (QED) is 0.918. The Labute approximate surface area is 122 Å². The lowest BCUT2D eigenvalue weighted by molar-refractivity contribution is 0.0696. The van der Waals surface area contributed by atoms with E-state index in [1.54, 1.807) is 19.1 Å². The van der Waals surface area contributed by atoms with Crippen LogP contribution in [0.15, 0.2) is 42.5 Å². The van der Waals surface area contributed by atoms with Crippen LogP contribution in [-0.2, 0) is 6.54 Å². The van der Waals surface area contributed by atoms with Crippen LogP contribution in [0.4, 0.5) is 10.1 Å². The van der Waals surface area contributed by atoms with Crippen LogP contribution in [0.25, 0.3) is 0 Å². The number of rotatable bonds is 5. The minimum atomic E-state index is -1.14. The van der Waals surface area contributed by atoms with Crippen molar-refractivity contribution in [1.82, 2.24) is 0 Å². The van der Waals surface area contributed by atoms with Gasteiger partial charge in [-0.1, -0.05) is 12.1 Å². The van der Waals surface area contributed by atoms with Crippen molar-refractivity contribution in [2.75, 3.05) is 19.1 Å². The fourth-order valence-corrected chi connectivity index (χ4v) is 2.04. The molecule has 0 aliphatic carbocycles. The number of benzene rings is 2. The molecule has 2 aromatic carbocycles. The molecule has 0 atom stereocenters. The van der Waals surface area contributed by atoms with E-state index < -0.39 is 11.8 Å². The minimum Gasteiger partial charge on any atom is -0.497 e. The third-order valence-electron chi connectivity index (χ3n) is 3.18. The van der Waals surface area contributed by atoms with Crippen LogP contribution in [0.2, 0.25) is 0 Å². The van der Waals surface area contributed by atoms with E-state index in [-0.39, 0.29) is 5.56 Å². The van der Waals surface area contributed by atoms with E-state index in [4.69, 9.17) is 9.84 Å². The van der Waals surface area contributed by atoms with Gasteiger partial charge in [0.15, 0.2) is 0 Å². The summed E-state index contributed by atoms with van der Waals surface area (Å²) >= 11 is 0. The molecule has 0 bridgehead atoms. The van der Waals surface area contributed by atoms with Gasteiger partial charge in [0.25, 0.3) is 0 Å². The summed E-state index contributed by atoms with van der Waals surface area (Å²) in [6.45, 7) is 0.507. The Kier molecular flexibility index (Phi) is 4.42. The van der Waals surface area contributed by atoms with Gasteiger partial charge in [0.05, 0.1) is 18.4 Å². The van der Waals surface area contributed by atoms with Crippen LogP contribution in [-0.4, -0.2) is 25.2 Å². The summed E-state index contributed by atoms with van der Waals surface area (Å²) < 4.78 is 19.0.